The van der Waals surface area contributed by atoms with Gasteiger partial charge in [-0.3, -0.25) is 4.79 Å². The number of rotatable bonds is 4. The van der Waals surface area contributed by atoms with Gasteiger partial charge in [0.25, 0.3) is 5.56 Å². The number of aromatic amines is 1. The van der Waals surface area contributed by atoms with Gasteiger partial charge < -0.3 is 15.4 Å². The Morgan fingerprint density at radius 3 is 2.67 bits per heavy atom. The number of benzene rings is 2. The van der Waals surface area contributed by atoms with Gasteiger partial charge in [0, 0.05) is 12.1 Å². The fourth-order valence-corrected chi connectivity index (χ4v) is 2.19. The third kappa shape index (κ3) is 2.93. The number of aromatic hydroxyl groups is 1. The number of fused-ring (bicyclic) bond motifs is 1. The van der Waals surface area contributed by atoms with Crippen molar-refractivity contribution in [2.24, 2.45) is 0 Å². The zero-order chi connectivity index (χ0) is 14.7. The van der Waals surface area contributed by atoms with Crippen LogP contribution in [0.2, 0.25) is 0 Å². The van der Waals surface area contributed by atoms with Crippen LogP contribution in [-0.2, 0) is 13.1 Å². The van der Waals surface area contributed by atoms with Gasteiger partial charge in [-0.05, 0) is 18.2 Å². The van der Waals surface area contributed by atoms with E-state index in [4.69, 9.17) is 0 Å². The van der Waals surface area contributed by atoms with Gasteiger partial charge in [0.1, 0.15) is 11.6 Å². The van der Waals surface area contributed by atoms with Gasteiger partial charge in [0.05, 0.1) is 17.4 Å². The Bertz CT molecular complexity index is 827. The molecule has 0 saturated heterocycles. The Kier molecular flexibility index (Phi) is 3.66. The van der Waals surface area contributed by atoms with Gasteiger partial charge in [0.15, 0.2) is 0 Å². The number of nitrogens with one attached hydrogen (secondary N) is 2. The van der Waals surface area contributed by atoms with Crippen LogP contribution in [0.3, 0.4) is 0 Å². The standard InChI is InChI=1S/C16H15N3O2/c20-14-8-4-1-5-11(14)9-17-10-15-18-13-7-3-2-6-12(13)16(21)19-15/h1-8,17,20H,9-10H2,(H,18,19,21). The first-order valence-electron chi connectivity index (χ1n) is 6.69. The maximum Gasteiger partial charge on any atom is 0.258 e. The molecule has 2 aromatic carbocycles. The molecule has 0 bridgehead atoms. The largest absolute Gasteiger partial charge is 0.508 e. The number of phenols is 1. The van der Waals surface area contributed by atoms with Crippen molar-refractivity contribution in [3.05, 3.63) is 70.3 Å². The highest BCUT2D eigenvalue weighted by Gasteiger charge is 2.04. The number of para-hydroxylation sites is 2. The van der Waals surface area contributed by atoms with Crippen LogP contribution in [0, 0.1) is 0 Å². The molecule has 21 heavy (non-hydrogen) atoms. The maximum atomic E-state index is 11.9. The Morgan fingerprint density at radius 1 is 1.05 bits per heavy atom. The molecule has 0 unspecified atom stereocenters. The molecule has 0 aliphatic rings. The number of hydrogen-bond donors (Lipinski definition) is 3. The van der Waals surface area contributed by atoms with E-state index in [-0.39, 0.29) is 11.3 Å². The van der Waals surface area contributed by atoms with Gasteiger partial charge in [-0.15, -0.1) is 0 Å². The van der Waals surface area contributed by atoms with E-state index >= 15 is 0 Å². The van der Waals surface area contributed by atoms with Gasteiger partial charge >= 0.3 is 0 Å². The smallest absolute Gasteiger partial charge is 0.258 e. The molecule has 1 aromatic heterocycles. The number of phenolic OH excluding ortho intramolecular Hbond substituents is 1. The first kappa shape index (κ1) is 13.3. The van der Waals surface area contributed by atoms with E-state index < -0.39 is 0 Å². The van der Waals surface area contributed by atoms with E-state index in [9.17, 15) is 9.90 Å². The fourth-order valence-electron chi connectivity index (χ4n) is 2.19. The second kappa shape index (κ2) is 5.76. The van der Waals surface area contributed by atoms with E-state index in [0.717, 1.165) is 5.56 Å². The van der Waals surface area contributed by atoms with Crippen LogP contribution in [0.1, 0.15) is 11.4 Å². The molecular weight excluding hydrogens is 266 g/mol. The lowest BCUT2D eigenvalue weighted by molar-refractivity contribution is 0.464. The molecule has 5 nitrogen and oxygen atoms in total. The van der Waals surface area contributed by atoms with E-state index in [0.29, 0.717) is 29.8 Å². The average Bonchev–Trinajstić information content (AvgIpc) is 2.49. The van der Waals surface area contributed by atoms with Gasteiger partial charge in [-0.25, -0.2) is 4.98 Å². The number of H-pyrrole nitrogens is 1. The summed E-state index contributed by atoms with van der Waals surface area (Å²) in [7, 11) is 0. The molecular formula is C16H15N3O2. The summed E-state index contributed by atoms with van der Waals surface area (Å²) in [6.45, 7) is 0.928. The molecule has 5 heteroatoms. The monoisotopic (exact) mass is 281 g/mol. The van der Waals surface area contributed by atoms with Crippen molar-refractivity contribution >= 4 is 10.9 Å². The van der Waals surface area contributed by atoms with Crippen molar-refractivity contribution in [2.45, 2.75) is 13.1 Å². The van der Waals surface area contributed by atoms with Crippen molar-refractivity contribution in [1.29, 1.82) is 0 Å². The first-order chi connectivity index (χ1) is 10.2. The lowest BCUT2D eigenvalue weighted by Crippen LogP contribution is -2.19. The minimum atomic E-state index is -0.139. The SMILES string of the molecule is O=c1[nH]c(CNCc2ccccc2O)nc2ccccc12. The van der Waals surface area contributed by atoms with Crippen LogP contribution in [0.4, 0.5) is 0 Å². The number of hydrogen-bond acceptors (Lipinski definition) is 4. The lowest BCUT2D eigenvalue weighted by Gasteiger charge is -2.07. The van der Waals surface area contributed by atoms with E-state index in [1.54, 1.807) is 18.2 Å². The Balaban J connectivity index is 1.74. The van der Waals surface area contributed by atoms with Crippen LogP contribution in [-0.4, -0.2) is 15.1 Å². The second-order valence-corrected chi connectivity index (χ2v) is 4.76. The summed E-state index contributed by atoms with van der Waals surface area (Å²) in [4.78, 5) is 19.1. The van der Waals surface area contributed by atoms with E-state index in [1.807, 2.05) is 30.3 Å². The van der Waals surface area contributed by atoms with Crippen LogP contribution < -0.4 is 10.9 Å². The lowest BCUT2D eigenvalue weighted by atomic mass is 10.2. The van der Waals surface area contributed by atoms with Crippen LogP contribution in [0.25, 0.3) is 10.9 Å². The Labute approximate surface area is 121 Å². The highest BCUT2D eigenvalue weighted by atomic mass is 16.3. The molecule has 0 atom stereocenters. The fraction of sp³-hybridized carbons (Fsp3) is 0.125. The summed E-state index contributed by atoms with van der Waals surface area (Å²) in [5.41, 5.74) is 1.35. The zero-order valence-corrected chi connectivity index (χ0v) is 11.3. The summed E-state index contributed by atoms with van der Waals surface area (Å²) < 4.78 is 0. The average molecular weight is 281 g/mol. The van der Waals surface area contributed by atoms with Gasteiger partial charge in [-0.1, -0.05) is 30.3 Å². The molecule has 0 fully saturated rings. The molecule has 0 radical (unpaired) electrons. The Morgan fingerprint density at radius 2 is 1.81 bits per heavy atom. The van der Waals surface area contributed by atoms with Crippen LogP contribution in [0.15, 0.2) is 53.3 Å². The van der Waals surface area contributed by atoms with Gasteiger partial charge in [0.2, 0.25) is 0 Å². The topological polar surface area (TPSA) is 78.0 Å². The third-order valence-electron chi connectivity index (χ3n) is 3.26. The summed E-state index contributed by atoms with van der Waals surface area (Å²) in [5.74, 6) is 0.832. The molecule has 0 saturated carbocycles. The number of nitrogens with zero attached hydrogens (tertiary/aromatic N) is 1. The van der Waals surface area contributed by atoms with Crippen molar-refractivity contribution in [1.82, 2.24) is 15.3 Å². The summed E-state index contributed by atoms with van der Waals surface area (Å²) in [6, 6.07) is 14.4. The summed E-state index contributed by atoms with van der Waals surface area (Å²) in [5, 5.41) is 13.4. The van der Waals surface area contributed by atoms with Crippen LogP contribution in [0.5, 0.6) is 5.75 Å². The van der Waals surface area contributed by atoms with Crippen molar-refractivity contribution in [3.63, 3.8) is 0 Å². The van der Waals surface area contributed by atoms with E-state index in [1.165, 1.54) is 0 Å². The van der Waals surface area contributed by atoms with Crippen molar-refractivity contribution in [2.75, 3.05) is 0 Å². The van der Waals surface area contributed by atoms with Crippen molar-refractivity contribution in [3.8, 4) is 5.75 Å². The molecule has 0 aliphatic heterocycles. The highest BCUT2D eigenvalue weighted by molar-refractivity contribution is 5.77. The predicted molar refractivity (Wildman–Crippen MR) is 81.0 cm³/mol. The quantitative estimate of drug-likeness (QED) is 0.682. The normalized spacial score (nSPS) is 10.9. The molecule has 3 rings (SSSR count). The molecule has 0 aliphatic carbocycles. The first-order valence-corrected chi connectivity index (χ1v) is 6.69. The zero-order valence-electron chi connectivity index (χ0n) is 11.3. The molecule has 3 N–H and O–H groups in total. The highest BCUT2D eigenvalue weighted by Crippen LogP contribution is 2.14. The van der Waals surface area contributed by atoms with Crippen LogP contribution >= 0.6 is 0 Å². The minimum Gasteiger partial charge on any atom is -0.508 e. The number of aromatic nitrogens is 2. The minimum absolute atomic E-state index is 0.139. The second-order valence-electron chi connectivity index (χ2n) is 4.76. The Hall–Kier alpha value is -2.66. The molecule has 1 heterocycles. The molecule has 106 valence electrons. The predicted octanol–water partition coefficient (Wildman–Crippen LogP) is 1.92. The van der Waals surface area contributed by atoms with Crippen molar-refractivity contribution < 1.29 is 5.11 Å². The maximum absolute atomic E-state index is 11.9. The third-order valence-corrected chi connectivity index (χ3v) is 3.26. The molecule has 0 spiro atoms. The summed E-state index contributed by atoms with van der Waals surface area (Å²) in [6.07, 6.45) is 0. The molecule has 0 amide bonds. The van der Waals surface area contributed by atoms with Gasteiger partial charge in [-0.2, -0.15) is 0 Å². The molecule has 3 aromatic rings. The summed E-state index contributed by atoms with van der Waals surface area (Å²) >= 11 is 0. The van der Waals surface area contributed by atoms with E-state index in [2.05, 4.69) is 15.3 Å².